The molecule has 0 amide bonds. The molecule has 2 heterocycles. The van der Waals surface area contributed by atoms with Crippen LogP contribution in [-0.4, -0.2) is 47.4 Å². The highest BCUT2D eigenvalue weighted by Gasteiger charge is 2.20. The highest BCUT2D eigenvalue weighted by atomic mass is 35.5. The van der Waals surface area contributed by atoms with E-state index in [-0.39, 0.29) is 6.61 Å². The smallest absolute Gasteiger partial charge is 0.132 e. The Bertz CT molecular complexity index is 644. The molecule has 2 aromatic rings. The zero-order valence-corrected chi connectivity index (χ0v) is 13.7. The van der Waals surface area contributed by atoms with Gasteiger partial charge in [0.1, 0.15) is 12.1 Å². The molecular weight excluding hydrogens is 312 g/mol. The van der Waals surface area contributed by atoms with E-state index in [0.717, 1.165) is 43.0 Å². The maximum absolute atomic E-state index is 8.89. The lowest BCUT2D eigenvalue weighted by molar-refractivity contribution is 0.277. The van der Waals surface area contributed by atoms with Crippen molar-refractivity contribution >= 4 is 17.4 Å². The van der Waals surface area contributed by atoms with Gasteiger partial charge in [0.25, 0.3) is 0 Å². The van der Waals surface area contributed by atoms with Gasteiger partial charge in [-0.05, 0) is 25.0 Å². The summed E-state index contributed by atoms with van der Waals surface area (Å²) in [6, 6.07) is 10.2. The Morgan fingerprint density at radius 2 is 2.04 bits per heavy atom. The van der Waals surface area contributed by atoms with E-state index in [1.54, 1.807) is 6.33 Å². The summed E-state index contributed by atoms with van der Waals surface area (Å²) in [4.78, 5) is 11.1. The Kier molecular flexibility index (Phi) is 5.43. The van der Waals surface area contributed by atoms with Crippen molar-refractivity contribution in [2.75, 3.05) is 31.1 Å². The lowest BCUT2D eigenvalue weighted by Crippen LogP contribution is -2.43. The number of benzene rings is 1. The van der Waals surface area contributed by atoms with Crippen molar-refractivity contribution in [3.8, 4) is 11.3 Å². The third kappa shape index (κ3) is 4.19. The highest BCUT2D eigenvalue weighted by molar-refractivity contribution is 6.30. The molecule has 1 aliphatic rings. The summed E-state index contributed by atoms with van der Waals surface area (Å²) < 4.78 is 0. The quantitative estimate of drug-likeness (QED) is 0.880. The Morgan fingerprint density at radius 1 is 1.22 bits per heavy atom. The third-order valence-electron chi connectivity index (χ3n) is 4.14. The predicted octanol–water partition coefficient (Wildman–Crippen LogP) is 2.35. The molecule has 0 saturated carbocycles. The average molecular weight is 333 g/mol. The number of aromatic nitrogens is 2. The molecule has 3 rings (SSSR count). The molecule has 0 atom stereocenters. The second kappa shape index (κ2) is 7.73. The van der Waals surface area contributed by atoms with Crippen LogP contribution in [0.15, 0.2) is 36.7 Å². The standard InChI is InChI=1S/C17H21ClN4O/c18-14-3-1-2-13(10-14)16-11-17(21-12-20-16)22-7-4-15(5-8-22)19-6-9-23/h1-3,10-12,15,19,23H,4-9H2. The van der Waals surface area contributed by atoms with Gasteiger partial charge < -0.3 is 15.3 Å². The van der Waals surface area contributed by atoms with Crippen molar-refractivity contribution in [1.29, 1.82) is 0 Å². The van der Waals surface area contributed by atoms with Gasteiger partial charge in [0.2, 0.25) is 0 Å². The fourth-order valence-corrected chi connectivity index (χ4v) is 3.10. The average Bonchev–Trinajstić information content (AvgIpc) is 2.60. The van der Waals surface area contributed by atoms with E-state index in [4.69, 9.17) is 16.7 Å². The Hall–Kier alpha value is -1.69. The molecule has 0 aliphatic carbocycles. The molecule has 1 fully saturated rings. The molecule has 5 nitrogen and oxygen atoms in total. The molecule has 0 spiro atoms. The number of halogens is 1. The molecule has 2 N–H and O–H groups in total. The number of nitrogens with zero attached hydrogens (tertiary/aromatic N) is 3. The zero-order chi connectivity index (χ0) is 16.1. The Balaban J connectivity index is 1.69. The predicted molar refractivity (Wildman–Crippen MR) is 92.8 cm³/mol. The van der Waals surface area contributed by atoms with Gasteiger partial charge in [-0.3, -0.25) is 0 Å². The Morgan fingerprint density at radius 3 is 2.78 bits per heavy atom. The lowest BCUT2D eigenvalue weighted by atomic mass is 10.0. The first-order valence-electron chi connectivity index (χ1n) is 7.93. The normalized spacial score (nSPS) is 15.8. The number of anilines is 1. The molecule has 1 saturated heterocycles. The molecule has 1 aromatic heterocycles. The van der Waals surface area contributed by atoms with Gasteiger partial charge in [-0.25, -0.2) is 9.97 Å². The number of hydrogen-bond acceptors (Lipinski definition) is 5. The number of aliphatic hydroxyl groups is 1. The number of nitrogens with one attached hydrogen (secondary N) is 1. The van der Waals surface area contributed by atoms with Crippen LogP contribution in [0.1, 0.15) is 12.8 Å². The topological polar surface area (TPSA) is 61.3 Å². The lowest BCUT2D eigenvalue weighted by Gasteiger charge is -2.33. The van der Waals surface area contributed by atoms with Crippen molar-refractivity contribution in [2.45, 2.75) is 18.9 Å². The number of hydrogen-bond donors (Lipinski definition) is 2. The van der Waals surface area contributed by atoms with Crippen LogP contribution in [0, 0.1) is 0 Å². The van der Waals surface area contributed by atoms with Crippen molar-refractivity contribution in [3.63, 3.8) is 0 Å². The summed E-state index contributed by atoms with van der Waals surface area (Å²) in [6.45, 7) is 2.76. The van der Waals surface area contributed by atoms with Crippen molar-refractivity contribution in [2.24, 2.45) is 0 Å². The van der Waals surface area contributed by atoms with E-state index in [0.29, 0.717) is 17.6 Å². The molecule has 23 heavy (non-hydrogen) atoms. The monoisotopic (exact) mass is 332 g/mol. The molecule has 0 bridgehead atoms. The first-order chi connectivity index (χ1) is 11.3. The highest BCUT2D eigenvalue weighted by Crippen LogP contribution is 2.24. The summed E-state index contributed by atoms with van der Waals surface area (Å²) in [5, 5.41) is 13.0. The van der Waals surface area contributed by atoms with Crippen LogP contribution in [0.4, 0.5) is 5.82 Å². The van der Waals surface area contributed by atoms with Gasteiger partial charge in [-0.1, -0.05) is 23.7 Å². The maximum atomic E-state index is 8.89. The molecule has 1 aromatic carbocycles. The Labute approximate surface area is 141 Å². The number of aliphatic hydroxyl groups excluding tert-OH is 1. The van der Waals surface area contributed by atoms with E-state index < -0.39 is 0 Å². The number of rotatable bonds is 5. The van der Waals surface area contributed by atoms with E-state index in [1.165, 1.54) is 0 Å². The van der Waals surface area contributed by atoms with Crippen molar-refractivity contribution in [1.82, 2.24) is 15.3 Å². The summed E-state index contributed by atoms with van der Waals surface area (Å²) in [6.07, 6.45) is 3.72. The van der Waals surface area contributed by atoms with E-state index in [1.807, 2.05) is 30.3 Å². The van der Waals surface area contributed by atoms with Crippen LogP contribution in [0.25, 0.3) is 11.3 Å². The third-order valence-corrected chi connectivity index (χ3v) is 4.37. The summed E-state index contributed by atoms with van der Waals surface area (Å²) in [7, 11) is 0. The molecule has 6 heteroatoms. The summed E-state index contributed by atoms with van der Waals surface area (Å²) in [5.74, 6) is 0.954. The van der Waals surface area contributed by atoms with Crippen LogP contribution in [0.5, 0.6) is 0 Å². The first-order valence-corrected chi connectivity index (χ1v) is 8.31. The minimum atomic E-state index is 0.190. The zero-order valence-electron chi connectivity index (χ0n) is 13.0. The fourth-order valence-electron chi connectivity index (χ4n) is 2.91. The van der Waals surface area contributed by atoms with Gasteiger partial charge in [-0.15, -0.1) is 0 Å². The molecule has 122 valence electrons. The number of piperidine rings is 1. The largest absolute Gasteiger partial charge is 0.395 e. The van der Waals surface area contributed by atoms with Crippen molar-refractivity contribution < 1.29 is 5.11 Å². The summed E-state index contributed by atoms with van der Waals surface area (Å²) >= 11 is 6.06. The molecule has 1 aliphatic heterocycles. The van der Waals surface area contributed by atoms with Crippen LogP contribution >= 0.6 is 11.6 Å². The van der Waals surface area contributed by atoms with Crippen LogP contribution in [0.3, 0.4) is 0 Å². The van der Waals surface area contributed by atoms with Crippen molar-refractivity contribution in [3.05, 3.63) is 41.7 Å². The second-order valence-corrected chi connectivity index (χ2v) is 6.15. The SMILES string of the molecule is OCCNC1CCN(c2cc(-c3cccc(Cl)c3)ncn2)CC1. The second-order valence-electron chi connectivity index (χ2n) is 5.71. The van der Waals surface area contributed by atoms with E-state index >= 15 is 0 Å². The maximum Gasteiger partial charge on any atom is 0.132 e. The fraction of sp³-hybridized carbons (Fsp3) is 0.412. The molecular formula is C17H21ClN4O. The van der Waals surface area contributed by atoms with E-state index in [9.17, 15) is 0 Å². The van der Waals surface area contributed by atoms with Gasteiger partial charge in [0.15, 0.2) is 0 Å². The van der Waals surface area contributed by atoms with Crippen LogP contribution in [-0.2, 0) is 0 Å². The van der Waals surface area contributed by atoms with Crippen LogP contribution in [0.2, 0.25) is 5.02 Å². The first kappa shape index (κ1) is 16.2. The van der Waals surface area contributed by atoms with Crippen LogP contribution < -0.4 is 10.2 Å². The van der Waals surface area contributed by atoms with Gasteiger partial charge in [0.05, 0.1) is 12.3 Å². The molecule has 0 radical (unpaired) electrons. The van der Waals surface area contributed by atoms with E-state index in [2.05, 4.69) is 20.2 Å². The van der Waals surface area contributed by atoms with Gasteiger partial charge in [-0.2, -0.15) is 0 Å². The van der Waals surface area contributed by atoms with Gasteiger partial charge in [0, 0.05) is 42.3 Å². The minimum Gasteiger partial charge on any atom is -0.395 e. The minimum absolute atomic E-state index is 0.190. The van der Waals surface area contributed by atoms with Gasteiger partial charge >= 0.3 is 0 Å². The molecule has 0 unspecified atom stereocenters. The summed E-state index contributed by atoms with van der Waals surface area (Å²) in [5.41, 5.74) is 1.89.